The van der Waals surface area contributed by atoms with Gasteiger partial charge in [-0.2, -0.15) is 13.2 Å². The monoisotopic (exact) mass is 323 g/mol. The number of anilines is 1. The van der Waals surface area contributed by atoms with E-state index in [1.165, 1.54) is 0 Å². The molecule has 118 valence electrons. The quantitative estimate of drug-likeness (QED) is 0.452. The van der Waals surface area contributed by atoms with Crippen molar-refractivity contribution >= 4 is 23.2 Å². The Morgan fingerprint density at radius 2 is 2.00 bits per heavy atom. The van der Waals surface area contributed by atoms with E-state index in [1.807, 2.05) is 6.92 Å². The summed E-state index contributed by atoms with van der Waals surface area (Å²) in [5, 5.41) is -2.60. The van der Waals surface area contributed by atoms with Gasteiger partial charge >= 0.3 is 6.18 Å². The molecule has 1 amide bonds. The highest BCUT2D eigenvalue weighted by atomic mass is 35.5. The first-order chi connectivity index (χ1) is 9.79. The van der Waals surface area contributed by atoms with E-state index < -0.39 is 17.5 Å². The summed E-state index contributed by atoms with van der Waals surface area (Å²) in [5.74, 6) is -1.24. The molecule has 1 atom stereocenters. The Morgan fingerprint density at radius 1 is 1.38 bits per heavy atom. The minimum atomic E-state index is -4.80. The zero-order valence-corrected chi connectivity index (χ0v) is 12.5. The van der Waals surface area contributed by atoms with Gasteiger partial charge in [-0.3, -0.25) is 9.69 Å². The summed E-state index contributed by atoms with van der Waals surface area (Å²) in [6, 6.07) is 6.63. The smallest absolute Gasteiger partial charge is 0.361 e. The maximum atomic E-state index is 12.6. The second-order valence-electron chi connectivity index (χ2n) is 4.49. The molecule has 0 aliphatic carbocycles. The highest BCUT2D eigenvalue weighted by Crippen LogP contribution is 2.29. The van der Waals surface area contributed by atoms with Crippen LogP contribution < -0.4 is 4.90 Å². The fourth-order valence-electron chi connectivity index (χ4n) is 1.70. The van der Waals surface area contributed by atoms with Crippen molar-refractivity contribution in [1.29, 1.82) is 0 Å². The van der Waals surface area contributed by atoms with Gasteiger partial charge in [0, 0.05) is 12.3 Å². The van der Waals surface area contributed by atoms with E-state index >= 15 is 0 Å². The molecule has 0 bridgehead atoms. The van der Waals surface area contributed by atoms with Gasteiger partial charge < -0.3 is 4.74 Å². The fourth-order valence-corrected chi connectivity index (χ4v) is 1.81. The number of para-hydroxylation sites is 1. The first kappa shape index (κ1) is 17.8. The number of hydrogen-bond donors (Lipinski definition) is 0. The summed E-state index contributed by atoms with van der Waals surface area (Å²) in [6.07, 6.45) is -4.11. The summed E-state index contributed by atoms with van der Waals surface area (Å²) >= 11 is 5.25. The zero-order chi connectivity index (χ0) is 16.0. The number of aryl methyl sites for hydroxylation is 1. The van der Waals surface area contributed by atoms with Crippen molar-refractivity contribution in [2.24, 2.45) is 0 Å². The van der Waals surface area contributed by atoms with Gasteiger partial charge in [0.15, 0.2) is 0 Å². The van der Waals surface area contributed by atoms with Crippen LogP contribution >= 0.6 is 11.6 Å². The summed E-state index contributed by atoms with van der Waals surface area (Å²) in [4.78, 5) is 13.0. The molecule has 0 aliphatic rings. The molecule has 3 nitrogen and oxygen atoms in total. The summed E-state index contributed by atoms with van der Waals surface area (Å²) < 4.78 is 43.2. The van der Waals surface area contributed by atoms with Crippen LogP contribution in [0.3, 0.4) is 0 Å². The van der Waals surface area contributed by atoms with E-state index in [2.05, 4.69) is 0 Å². The lowest BCUT2D eigenvalue weighted by atomic mass is 10.2. The van der Waals surface area contributed by atoms with Crippen molar-refractivity contribution in [2.75, 3.05) is 18.2 Å². The van der Waals surface area contributed by atoms with Crippen LogP contribution in [0.1, 0.15) is 18.9 Å². The minimum absolute atomic E-state index is 0.267. The third-order valence-corrected chi connectivity index (χ3v) is 3.18. The molecule has 0 aliphatic heterocycles. The number of alkyl halides is 4. The Balaban J connectivity index is 3.03. The lowest BCUT2D eigenvalue weighted by Gasteiger charge is -2.27. The van der Waals surface area contributed by atoms with Gasteiger partial charge in [0.25, 0.3) is 5.91 Å². The van der Waals surface area contributed by atoms with E-state index in [-0.39, 0.29) is 6.73 Å². The fraction of sp³-hybridized carbons (Fsp3) is 0.500. The van der Waals surface area contributed by atoms with E-state index in [0.29, 0.717) is 24.3 Å². The second-order valence-corrected chi connectivity index (χ2v) is 4.93. The lowest BCUT2D eigenvalue weighted by molar-refractivity contribution is -0.150. The molecule has 1 unspecified atom stereocenters. The van der Waals surface area contributed by atoms with Crippen molar-refractivity contribution in [3.05, 3.63) is 29.8 Å². The molecule has 1 rings (SSSR count). The molecular weight excluding hydrogens is 307 g/mol. The standard InChI is InChI=1S/C14H17ClF3NO2/c1-3-8-21-9-19(11-7-5-4-6-10(11)2)13(20)12(15)14(16,17)18/h4-7,12H,3,8-9H2,1-2H3. The molecule has 0 aromatic heterocycles. The van der Waals surface area contributed by atoms with Crippen molar-refractivity contribution in [1.82, 2.24) is 0 Å². The molecule has 0 saturated heterocycles. The van der Waals surface area contributed by atoms with Crippen LogP contribution in [0.2, 0.25) is 0 Å². The summed E-state index contributed by atoms with van der Waals surface area (Å²) in [7, 11) is 0. The molecule has 1 aromatic rings. The lowest BCUT2D eigenvalue weighted by Crippen LogP contribution is -2.45. The van der Waals surface area contributed by atoms with Gasteiger partial charge in [-0.05, 0) is 25.0 Å². The van der Waals surface area contributed by atoms with Crippen LogP contribution in [0.25, 0.3) is 0 Å². The van der Waals surface area contributed by atoms with Gasteiger partial charge in [0.05, 0.1) is 0 Å². The van der Waals surface area contributed by atoms with Gasteiger partial charge in [-0.1, -0.05) is 25.1 Å². The second kappa shape index (κ2) is 7.66. The summed E-state index contributed by atoms with van der Waals surface area (Å²) in [6.45, 7) is 3.64. The Bertz CT molecular complexity index is 480. The van der Waals surface area contributed by atoms with Gasteiger partial charge in [0.2, 0.25) is 5.38 Å². The average molecular weight is 324 g/mol. The Labute approximate surface area is 126 Å². The number of ether oxygens (including phenoxy) is 1. The number of carbonyl (C=O) groups is 1. The van der Waals surface area contributed by atoms with Crippen LogP contribution in [-0.2, 0) is 9.53 Å². The topological polar surface area (TPSA) is 29.5 Å². The number of carbonyl (C=O) groups excluding carboxylic acids is 1. The predicted octanol–water partition coefficient (Wildman–Crippen LogP) is 3.88. The number of hydrogen-bond acceptors (Lipinski definition) is 2. The van der Waals surface area contributed by atoms with Gasteiger partial charge in [-0.25, -0.2) is 0 Å². The Morgan fingerprint density at radius 3 is 2.52 bits per heavy atom. The van der Waals surface area contributed by atoms with Crippen LogP contribution in [0.4, 0.5) is 18.9 Å². The Kier molecular flexibility index (Phi) is 6.48. The van der Waals surface area contributed by atoms with Crippen LogP contribution in [-0.4, -0.2) is 30.8 Å². The molecule has 0 spiro atoms. The molecule has 7 heteroatoms. The van der Waals surface area contributed by atoms with Crippen LogP contribution in [0, 0.1) is 6.92 Å². The number of nitrogens with zero attached hydrogens (tertiary/aromatic N) is 1. The number of rotatable bonds is 6. The summed E-state index contributed by atoms with van der Waals surface area (Å²) in [5.41, 5.74) is 1.02. The van der Waals surface area contributed by atoms with Crippen molar-refractivity contribution in [3.8, 4) is 0 Å². The van der Waals surface area contributed by atoms with Crippen molar-refractivity contribution in [3.63, 3.8) is 0 Å². The predicted molar refractivity (Wildman–Crippen MR) is 75.5 cm³/mol. The SMILES string of the molecule is CCCOCN(C(=O)C(Cl)C(F)(F)F)c1ccccc1C. The Hall–Kier alpha value is -1.27. The first-order valence-electron chi connectivity index (χ1n) is 6.44. The molecule has 21 heavy (non-hydrogen) atoms. The molecule has 0 radical (unpaired) electrons. The normalized spacial score (nSPS) is 13.0. The zero-order valence-electron chi connectivity index (χ0n) is 11.8. The van der Waals surface area contributed by atoms with E-state index in [9.17, 15) is 18.0 Å². The molecule has 0 N–H and O–H groups in total. The van der Waals surface area contributed by atoms with Crippen LogP contribution in [0.15, 0.2) is 24.3 Å². The first-order valence-corrected chi connectivity index (χ1v) is 6.88. The number of halogens is 4. The average Bonchev–Trinajstić information content (AvgIpc) is 2.42. The maximum absolute atomic E-state index is 12.6. The third kappa shape index (κ3) is 4.89. The van der Waals surface area contributed by atoms with Gasteiger partial charge in [0.1, 0.15) is 6.73 Å². The third-order valence-electron chi connectivity index (χ3n) is 2.75. The highest BCUT2D eigenvalue weighted by molar-refractivity contribution is 6.33. The molecule has 0 saturated carbocycles. The molecule has 0 heterocycles. The maximum Gasteiger partial charge on any atom is 0.413 e. The van der Waals surface area contributed by atoms with E-state index in [1.54, 1.807) is 31.2 Å². The van der Waals surface area contributed by atoms with E-state index in [4.69, 9.17) is 16.3 Å². The minimum Gasteiger partial charge on any atom is -0.361 e. The molecular formula is C14H17ClF3NO2. The van der Waals surface area contributed by atoms with Gasteiger partial charge in [-0.15, -0.1) is 11.6 Å². The van der Waals surface area contributed by atoms with Crippen molar-refractivity contribution in [2.45, 2.75) is 31.8 Å². The van der Waals surface area contributed by atoms with Crippen molar-refractivity contribution < 1.29 is 22.7 Å². The molecule has 1 aromatic carbocycles. The molecule has 0 fully saturated rings. The highest BCUT2D eigenvalue weighted by Gasteiger charge is 2.45. The number of amides is 1. The largest absolute Gasteiger partial charge is 0.413 e. The van der Waals surface area contributed by atoms with E-state index in [0.717, 1.165) is 4.90 Å². The van der Waals surface area contributed by atoms with Crippen LogP contribution in [0.5, 0.6) is 0 Å². The number of benzene rings is 1.